The third-order valence-electron chi connectivity index (χ3n) is 3.20. The molecule has 0 radical (unpaired) electrons. The maximum absolute atomic E-state index is 9.12. The summed E-state index contributed by atoms with van der Waals surface area (Å²) in [6.07, 6.45) is 0. The van der Waals surface area contributed by atoms with Gasteiger partial charge < -0.3 is 14.4 Å². The van der Waals surface area contributed by atoms with Crippen molar-refractivity contribution in [1.82, 2.24) is 0 Å². The fourth-order valence-corrected chi connectivity index (χ4v) is 2.16. The predicted molar refractivity (Wildman–Crippen MR) is 88.3 cm³/mol. The van der Waals surface area contributed by atoms with E-state index in [0.29, 0.717) is 11.5 Å². The van der Waals surface area contributed by atoms with Crippen molar-refractivity contribution in [3.05, 3.63) is 46.5 Å². The van der Waals surface area contributed by atoms with E-state index in [9.17, 15) is 0 Å². The van der Waals surface area contributed by atoms with Gasteiger partial charge in [0.25, 0.3) is 0 Å². The van der Waals surface area contributed by atoms with Crippen LogP contribution in [0.2, 0.25) is 5.02 Å². The summed E-state index contributed by atoms with van der Waals surface area (Å²) in [5.74, 6) is 1.29. The molecule has 0 atom stereocenters. The Morgan fingerprint density at radius 1 is 0.957 bits per heavy atom. The van der Waals surface area contributed by atoms with Crippen LogP contribution in [0.3, 0.4) is 0 Å². The van der Waals surface area contributed by atoms with Crippen molar-refractivity contribution >= 4 is 17.3 Å². The Labute approximate surface area is 139 Å². The number of methoxy groups -OCH3 is 1. The molecule has 116 valence electrons. The molecule has 0 bridgehead atoms. The first kappa shape index (κ1) is 16.5. The van der Waals surface area contributed by atoms with Crippen LogP contribution in [0.15, 0.2) is 30.3 Å². The SMILES string of the molecule is COc1ccc(N(C)C)cc1Oc1cc(C#N)c(C#N)cc1Cl. The summed E-state index contributed by atoms with van der Waals surface area (Å²) in [5.41, 5.74) is 1.33. The predicted octanol–water partition coefficient (Wildman–Crippen LogP) is 3.95. The van der Waals surface area contributed by atoms with E-state index in [1.165, 1.54) is 12.1 Å². The number of nitriles is 2. The number of rotatable bonds is 4. The van der Waals surface area contributed by atoms with Crippen LogP contribution in [0, 0.1) is 22.7 Å². The third-order valence-corrected chi connectivity index (χ3v) is 3.49. The van der Waals surface area contributed by atoms with Crippen molar-refractivity contribution in [3.8, 4) is 29.4 Å². The van der Waals surface area contributed by atoms with Gasteiger partial charge in [0.2, 0.25) is 0 Å². The Kier molecular flexibility index (Phi) is 4.95. The first-order valence-electron chi connectivity index (χ1n) is 6.67. The maximum atomic E-state index is 9.12. The first-order valence-corrected chi connectivity index (χ1v) is 7.05. The molecular weight excluding hydrogens is 314 g/mol. The Hall–Kier alpha value is -2.89. The van der Waals surface area contributed by atoms with Crippen LogP contribution in [0.5, 0.6) is 17.2 Å². The van der Waals surface area contributed by atoms with Gasteiger partial charge >= 0.3 is 0 Å². The minimum absolute atomic E-state index is 0.203. The molecule has 2 rings (SSSR count). The number of hydrogen-bond acceptors (Lipinski definition) is 5. The van der Waals surface area contributed by atoms with Crippen LogP contribution in [-0.2, 0) is 0 Å². The number of anilines is 1. The molecule has 0 N–H and O–H groups in total. The van der Waals surface area contributed by atoms with E-state index < -0.39 is 0 Å². The molecule has 0 saturated heterocycles. The van der Waals surface area contributed by atoms with Crippen LogP contribution in [0.4, 0.5) is 5.69 Å². The highest BCUT2D eigenvalue weighted by molar-refractivity contribution is 6.32. The van der Waals surface area contributed by atoms with E-state index in [1.54, 1.807) is 19.2 Å². The normalized spacial score (nSPS) is 9.65. The topological polar surface area (TPSA) is 69.3 Å². The van der Waals surface area contributed by atoms with Gasteiger partial charge in [-0.25, -0.2) is 0 Å². The summed E-state index contributed by atoms with van der Waals surface area (Å²) in [4.78, 5) is 1.92. The van der Waals surface area contributed by atoms with Crippen molar-refractivity contribution in [2.75, 3.05) is 26.1 Å². The van der Waals surface area contributed by atoms with Crippen molar-refractivity contribution < 1.29 is 9.47 Å². The fourth-order valence-electron chi connectivity index (χ4n) is 1.96. The van der Waals surface area contributed by atoms with E-state index in [0.717, 1.165) is 5.69 Å². The molecule has 0 fully saturated rings. The van der Waals surface area contributed by atoms with Gasteiger partial charge in [0, 0.05) is 31.9 Å². The van der Waals surface area contributed by atoms with Gasteiger partial charge in [0.15, 0.2) is 11.5 Å². The molecule has 2 aromatic carbocycles. The Morgan fingerprint density at radius 3 is 2.17 bits per heavy atom. The van der Waals surface area contributed by atoms with Crippen LogP contribution >= 0.6 is 11.6 Å². The summed E-state index contributed by atoms with van der Waals surface area (Å²) < 4.78 is 11.1. The summed E-state index contributed by atoms with van der Waals surface area (Å²) in [5, 5.41) is 18.4. The Balaban J connectivity index is 2.49. The van der Waals surface area contributed by atoms with Gasteiger partial charge in [-0.3, -0.25) is 0 Å². The molecule has 5 nitrogen and oxygen atoms in total. The highest BCUT2D eigenvalue weighted by atomic mass is 35.5. The van der Waals surface area contributed by atoms with E-state index in [-0.39, 0.29) is 21.9 Å². The molecule has 23 heavy (non-hydrogen) atoms. The van der Waals surface area contributed by atoms with Crippen LogP contribution < -0.4 is 14.4 Å². The highest BCUT2D eigenvalue weighted by Crippen LogP contribution is 2.38. The van der Waals surface area contributed by atoms with Gasteiger partial charge in [-0.2, -0.15) is 10.5 Å². The number of halogens is 1. The number of ether oxygens (including phenoxy) is 2. The molecule has 0 amide bonds. The molecule has 0 aliphatic rings. The summed E-state index contributed by atoms with van der Waals surface area (Å²) in [6.45, 7) is 0. The zero-order valence-electron chi connectivity index (χ0n) is 12.9. The second-order valence-electron chi connectivity index (χ2n) is 4.88. The molecule has 0 spiro atoms. The Morgan fingerprint density at radius 2 is 1.61 bits per heavy atom. The monoisotopic (exact) mass is 327 g/mol. The largest absolute Gasteiger partial charge is 0.493 e. The molecule has 0 heterocycles. The quantitative estimate of drug-likeness (QED) is 0.850. The maximum Gasteiger partial charge on any atom is 0.171 e. The van der Waals surface area contributed by atoms with E-state index >= 15 is 0 Å². The van der Waals surface area contributed by atoms with Gasteiger partial charge in [-0.1, -0.05) is 11.6 Å². The molecule has 6 heteroatoms. The lowest BCUT2D eigenvalue weighted by Crippen LogP contribution is -2.08. The Bertz CT molecular complexity index is 820. The second-order valence-corrected chi connectivity index (χ2v) is 5.29. The lowest BCUT2D eigenvalue weighted by atomic mass is 10.1. The molecule has 0 aromatic heterocycles. The number of benzene rings is 2. The van der Waals surface area contributed by atoms with Crippen LogP contribution in [-0.4, -0.2) is 21.2 Å². The third kappa shape index (κ3) is 3.48. The van der Waals surface area contributed by atoms with Crippen molar-refractivity contribution in [3.63, 3.8) is 0 Å². The lowest BCUT2D eigenvalue weighted by molar-refractivity contribution is 0.379. The van der Waals surface area contributed by atoms with Crippen molar-refractivity contribution in [1.29, 1.82) is 10.5 Å². The standard InChI is InChI=1S/C17H14ClN3O2/c1-21(2)13-4-5-15(22-3)17(8-13)23-16-7-12(10-20)11(9-19)6-14(16)18/h4-8H,1-3H3. The van der Waals surface area contributed by atoms with E-state index in [1.807, 2.05) is 37.2 Å². The van der Waals surface area contributed by atoms with Crippen molar-refractivity contribution in [2.45, 2.75) is 0 Å². The van der Waals surface area contributed by atoms with Gasteiger partial charge in [-0.15, -0.1) is 0 Å². The van der Waals surface area contributed by atoms with E-state index in [2.05, 4.69) is 0 Å². The van der Waals surface area contributed by atoms with Gasteiger partial charge in [0.05, 0.1) is 23.3 Å². The zero-order chi connectivity index (χ0) is 17.0. The van der Waals surface area contributed by atoms with E-state index in [4.69, 9.17) is 31.6 Å². The fraction of sp³-hybridized carbons (Fsp3) is 0.176. The average molecular weight is 328 g/mol. The van der Waals surface area contributed by atoms with Crippen LogP contribution in [0.25, 0.3) is 0 Å². The number of hydrogen-bond donors (Lipinski definition) is 0. The summed E-state index contributed by atoms with van der Waals surface area (Å²) in [6, 6.07) is 12.2. The second kappa shape index (κ2) is 6.91. The molecule has 0 aliphatic heterocycles. The highest BCUT2D eigenvalue weighted by Gasteiger charge is 2.13. The molecule has 0 unspecified atom stereocenters. The molecule has 2 aromatic rings. The molecular formula is C17H14ClN3O2. The first-order chi connectivity index (χ1) is 11.0. The summed E-state index contributed by atoms with van der Waals surface area (Å²) >= 11 is 6.15. The molecule has 0 aliphatic carbocycles. The van der Waals surface area contributed by atoms with Crippen molar-refractivity contribution in [2.24, 2.45) is 0 Å². The number of nitrogens with zero attached hydrogens (tertiary/aromatic N) is 3. The minimum Gasteiger partial charge on any atom is -0.493 e. The van der Waals surface area contributed by atoms with Gasteiger partial charge in [0.1, 0.15) is 17.9 Å². The van der Waals surface area contributed by atoms with Crippen LogP contribution in [0.1, 0.15) is 11.1 Å². The average Bonchev–Trinajstić information content (AvgIpc) is 2.55. The zero-order valence-corrected chi connectivity index (χ0v) is 13.7. The van der Waals surface area contributed by atoms with Gasteiger partial charge in [-0.05, 0) is 18.2 Å². The summed E-state index contributed by atoms with van der Waals surface area (Å²) in [7, 11) is 5.36. The lowest BCUT2D eigenvalue weighted by Gasteiger charge is -2.17. The minimum atomic E-state index is 0.203. The molecule has 0 saturated carbocycles. The smallest absolute Gasteiger partial charge is 0.171 e.